The Bertz CT molecular complexity index is 838. The summed E-state index contributed by atoms with van der Waals surface area (Å²) in [6, 6.07) is 6.58. The summed E-state index contributed by atoms with van der Waals surface area (Å²) >= 11 is 0. The lowest BCUT2D eigenvalue weighted by Gasteiger charge is -2.52. The van der Waals surface area contributed by atoms with Gasteiger partial charge in [0.05, 0.1) is 0 Å². The lowest BCUT2D eigenvalue weighted by atomic mass is 9.83. The van der Waals surface area contributed by atoms with E-state index < -0.39 is 21.0 Å². The van der Waals surface area contributed by atoms with E-state index in [1.54, 1.807) is 6.07 Å². The number of nitrogens with zero attached hydrogens (tertiary/aromatic N) is 1. The smallest absolute Gasteiger partial charge is 0.420 e. The maximum Gasteiger partial charge on any atom is 0.420 e. The van der Waals surface area contributed by atoms with Gasteiger partial charge in [0.25, 0.3) is 0 Å². The van der Waals surface area contributed by atoms with E-state index in [4.69, 9.17) is 9.16 Å². The normalized spacial score (nSPS) is 23.2. The number of piperazine rings is 1. The number of aryl methyl sites for hydroxylation is 1. The highest BCUT2D eigenvalue weighted by Gasteiger charge is 2.48. The number of halogens is 2. The fourth-order valence-electron chi connectivity index (χ4n) is 6.85. The molecular formula is C28H48F2N2O2Si. The molecule has 0 radical (unpaired) electrons. The lowest BCUT2D eigenvalue weighted by Crippen LogP contribution is -2.67. The molecule has 1 saturated heterocycles. The highest BCUT2D eigenvalue weighted by atomic mass is 28.4. The van der Waals surface area contributed by atoms with Crippen LogP contribution in [0.15, 0.2) is 18.2 Å². The largest absolute Gasteiger partial charge is 0.431 e. The summed E-state index contributed by atoms with van der Waals surface area (Å²) < 4.78 is 41.5. The Balaban J connectivity index is 1.76. The molecule has 0 amide bonds. The van der Waals surface area contributed by atoms with E-state index in [1.165, 1.54) is 19.3 Å². The summed E-state index contributed by atoms with van der Waals surface area (Å²) in [6.07, 6.45) is 1.46. The van der Waals surface area contributed by atoms with Crippen molar-refractivity contribution in [1.82, 2.24) is 5.32 Å². The van der Waals surface area contributed by atoms with Crippen molar-refractivity contribution in [2.24, 2.45) is 0 Å². The summed E-state index contributed by atoms with van der Waals surface area (Å²) in [7, 11) is -2.40. The first-order valence-corrected chi connectivity index (χ1v) is 15.7. The van der Waals surface area contributed by atoms with Crippen molar-refractivity contribution in [1.29, 1.82) is 0 Å². The fourth-order valence-corrected chi connectivity index (χ4v) is 12.3. The van der Waals surface area contributed by atoms with Gasteiger partial charge >= 0.3 is 6.11 Å². The van der Waals surface area contributed by atoms with Crippen molar-refractivity contribution >= 4 is 14.0 Å². The molecule has 2 atom stereocenters. The molecule has 1 aromatic carbocycles. The third kappa shape index (κ3) is 6.21. The van der Waals surface area contributed by atoms with Gasteiger partial charge in [-0.2, -0.15) is 8.78 Å². The standard InChI is InChI=1S/C28H48F2N2O2Si/c1-19(2)35(20(3)4,21(5)6)33-18-28(29,30)34-26-15-14-23(16-22(26)7)32-17-27(8,9)31-24-12-10-11-13-25(24)32/h14-16,19-21,24-25,31H,10-13,17-18H2,1-9H3/t24-,25-/m1/s1. The van der Waals surface area contributed by atoms with Crippen molar-refractivity contribution in [2.45, 2.75) is 128 Å². The van der Waals surface area contributed by atoms with Crippen molar-refractivity contribution in [3.8, 4) is 5.75 Å². The first-order chi connectivity index (χ1) is 16.2. The molecular weight excluding hydrogens is 462 g/mol. The minimum absolute atomic E-state index is 0.00554. The SMILES string of the molecule is Cc1cc(N2CC(C)(C)N[C@@H]3CCCC[C@H]32)ccc1OC(F)(F)CO[Si](C(C)C)(C(C)C)C(C)C. The van der Waals surface area contributed by atoms with Gasteiger partial charge in [-0.1, -0.05) is 54.4 Å². The predicted octanol–water partition coefficient (Wildman–Crippen LogP) is 7.66. The van der Waals surface area contributed by atoms with Crippen molar-refractivity contribution in [3.63, 3.8) is 0 Å². The Kier molecular flexibility index (Phi) is 8.65. The Morgan fingerprint density at radius 2 is 1.66 bits per heavy atom. The van der Waals surface area contributed by atoms with E-state index in [-0.39, 0.29) is 27.9 Å². The van der Waals surface area contributed by atoms with E-state index in [0.717, 1.165) is 24.2 Å². The Labute approximate surface area is 213 Å². The second kappa shape index (κ2) is 10.7. The van der Waals surface area contributed by atoms with E-state index in [0.29, 0.717) is 12.1 Å². The quantitative estimate of drug-likeness (QED) is 0.346. The molecule has 4 nitrogen and oxygen atoms in total. The Morgan fingerprint density at radius 3 is 2.23 bits per heavy atom. The number of hydrogen-bond acceptors (Lipinski definition) is 4. The molecule has 0 spiro atoms. The average molecular weight is 511 g/mol. The molecule has 1 aliphatic carbocycles. The molecule has 0 unspecified atom stereocenters. The second-order valence-electron chi connectivity index (χ2n) is 12.4. The number of anilines is 1. The zero-order chi connectivity index (χ0) is 26.2. The zero-order valence-corrected chi connectivity index (χ0v) is 24.4. The van der Waals surface area contributed by atoms with E-state index >= 15 is 8.78 Å². The maximum absolute atomic E-state index is 15.0. The fraction of sp³-hybridized carbons (Fsp3) is 0.786. The monoisotopic (exact) mass is 510 g/mol. The van der Waals surface area contributed by atoms with E-state index in [9.17, 15) is 0 Å². The molecule has 0 bridgehead atoms. The number of benzene rings is 1. The van der Waals surface area contributed by atoms with Gasteiger partial charge in [0.15, 0.2) is 0 Å². The van der Waals surface area contributed by atoms with Crippen LogP contribution in [-0.2, 0) is 4.43 Å². The molecule has 1 heterocycles. The number of ether oxygens (including phenoxy) is 1. The Hall–Kier alpha value is -1.18. The third-order valence-corrected chi connectivity index (χ3v) is 14.3. The van der Waals surface area contributed by atoms with Crippen molar-refractivity contribution in [2.75, 3.05) is 18.1 Å². The van der Waals surface area contributed by atoms with Crippen LogP contribution in [0.4, 0.5) is 14.5 Å². The van der Waals surface area contributed by atoms with Gasteiger partial charge in [-0.25, -0.2) is 0 Å². The molecule has 1 aromatic rings. The van der Waals surface area contributed by atoms with Gasteiger partial charge in [0.2, 0.25) is 8.32 Å². The van der Waals surface area contributed by atoms with E-state index in [1.807, 2.05) is 19.1 Å². The van der Waals surface area contributed by atoms with Gasteiger partial charge in [0.1, 0.15) is 12.4 Å². The topological polar surface area (TPSA) is 33.7 Å². The summed E-state index contributed by atoms with van der Waals surface area (Å²) in [6.45, 7) is 19.1. The average Bonchev–Trinajstić information content (AvgIpc) is 2.73. The van der Waals surface area contributed by atoms with Crippen LogP contribution in [0.25, 0.3) is 0 Å². The number of nitrogens with one attached hydrogen (secondary N) is 1. The molecule has 2 fully saturated rings. The molecule has 200 valence electrons. The van der Waals surface area contributed by atoms with Crippen LogP contribution in [0.2, 0.25) is 16.6 Å². The molecule has 0 aromatic heterocycles. The first kappa shape index (κ1) is 28.4. The number of rotatable bonds is 9. The molecule has 2 aliphatic rings. The predicted molar refractivity (Wildman–Crippen MR) is 144 cm³/mol. The summed E-state index contributed by atoms with van der Waals surface area (Å²) in [4.78, 5) is 2.48. The third-order valence-electron chi connectivity index (χ3n) is 8.22. The molecule has 3 rings (SSSR count). The second-order valence-corrected chi connectivity index (χ2v) is 17.9. The zero-order valence-electron chi connectivity index (χ0n) is 23.4. The summed E-state index contributed by atoms with van der Waals surface area (Å²) in [5.74, 6) is 0.225. The van der Waals surface area contributed by atoms with Crippen molar-refractivity contribution in [3.05, 3.63) is 23.8 Å². The molecule has 1 aliphatic heterocycles. The molecule has 35 heavy (non-hydrogen) atoms. The van der Waals surface area contributed by atoms with Gasteiger partial charge in [-0.15, -0.1) is 0 Å². The van der Waals surface area contributed by atoms with Crippen molar-refractivity contribution < 1.29 is 17.9 Å². The van der Waals surface area contributed by atoms with Crippen LogP contribution in [0.5, 0.6) is 5.75 Å². The van der Waals surface area contributed by atoms with Gasteiger partial charge in [0, 0.05) is 29.9 Å². The van der Waals surface area contributed by atoms with Gasteiger partial charge in [-0.3, -0.25) is 0 Å². The molecule has 1 saturated carbocycles. The maximum atomic E-state index is 15.0. The van der Waals surface area contributed by atoms with Crippen LogP contribution < -0.4 is 15.0 Å². The highest BCUT2D eigenvalue weighted by Crippen LogP contribution is 2.43. The van der Waals surface area contributed by atoms with Crippen LogP contribution in [0.3, 0.4) is 0 Å². The first-order valence-electron chi connectivity index (χ1n) is 13.5. The summed E-state index contributed by atoms with van der Waals surface area (Å²) in [5, 5.41) is 3.82. The highest BCUT2D eigenvalue weighted by molar-refractivity contribution is 6.77. The Morgan fingerprint density at radius 1 is 1.06 bits per heavy atom. The van der Waals surface area contributed by atoms with Crippen LogP contribution in [-0.4, -0.2) is 45.2 Å². The number of hydrogen-bond donors (Lipinski definition) is 1. The van der Waals surface area contributed by atoms with Crippen LogP contribution >= 0.6 is 0 Å². The lowest BCUT2D eigenvalue weighted by molar-refractivity contribution is -0.198. The molecule has 7 heteroatoms. The molecule has 1 N–H and O–H groups in total. The van der Waals surface area contributed by atoms with Crippen LogP contribution in [0.1, 0.15) is 86.6 Å². The van der Waals surface area contributed by atoms with Crippen LogP contribution in [0, 0.1) is 6.92 Å². The van der Waals surface area contributed by atoms with Gasteiger partial charge in [-0.05, 0) is 74.0 Å². The minimum atomic E-state index is -3.38. The van der Waals surface area contributed by atoms with E-state index in [2.05, 4.69) is 65.6 Å². The number of fused-ring (bicyclic) bond motifs is 1. The summed E-state index contributed by atoms with van der Waals surface area (Å²) in [5.41, 5.74) is 2.55. The van der Waals surface area contributed by atoms with Gasteiger partial charge < -0.3 is 19.4 Å². The number of alkyl halides is 2. The minimum Gasteiger partial charge on any atom is -0.431 e.